The molecule has 0 amide bonds. The summed E-state index contributed by atoms with van der Waals surface area (Å²) >= 11 is 0. The summed E-state index contributed by atoms with van der Waals surface area (Å²) in [6.07, 6.45) is 19.3. The summed E-state index contributed by atoms with van der Waals surface area (Å²) in [6.45, 7) is 7.12. The van der Waals surface area contributed by atoms with Crippen LogP contribution in [-0.4, -0.2) is 12.1 Å². The molecule has 0 bridgehead atoms. The summed E-state index contributed by atoms with van der Waals surface area (Å²) in [6, 6.07) is 0. The minimum absolute atomic E-state index is 0.137. The maximum Gasteiger partial charge on any atom is 0.309 e. The van der Waals surface area contributed by atoms with E-state index < -0.39 is 0 Å². The molecule has 3 rings (SSSR count). The molecular weight excluding hydrogens is 344 g/mol. The molecule has 0 saturated heterocycles. The van der Waals surface area contributed by atoms with Crippen LogP contribution in [0.2, 0.25) is 0 Å². The largest absolute Gasteiger partial charge is 0.462 e. The van der Waals surface area contributed by atoms with E-state index in [2.05, 4.69) is 20.8 Å². The Hall–Kier alpha value is -0.530. The molecule has 3 saturated carbocycles. The quantitative estimate of drug-likeness (QED) is 0.419. The van der Waals surface area contributed by atoms with Crippen LogP contribution in [0.5, 0.6) is 0 Å². The van der Waals surface area contributed by atoms with Crippen molar-refractivity contribution >= 4 is 5.97 Å². The fraction of sp³-hybridized carbons (Fsp3) is 0.962. The zero-order chi connectivity index (χ0) is 19.9. The Bertz CT molecular complexity index is 457. The topological polar surface area (TPSA) is 26.3 Å². The molecule has 0 radical (unpaired) electrons. The van der Waals surface area contributed by atoms with Gasteiger partial charge in [-0.05, 0) is 93.8 Å². The average molecular weight is 391 g/mol. The molecule has 0 aromatic rings. The Labute approximate surface area is 174 Å². The van der Waals surface area contributed by atoms with Gasteiger partial charge in [-0.3, -0.25) is 4.79 Å². The van der Waals surface area contributed by atoms with Crippen molar-refractivity contribution in [1.82, 2.24) is 0 Å². The minimum Gasteiger partial charge on any atom is -0.462 e. The van der Waals surface area contributed by atoms with Crippen LogP contribution in [0.4, 0.5) is 0 Å². The van der Waals surface area contributed by atoms with Crippen LogP contribution in [0.15, 0.2) is 0 Å². The van der Waals surface area contributed by atoms with E-state index in [9.17, 15) is 4.79 Å². The third-order valence-electron chi connectivity index (χ3n) is 8.67. The number of carbonyl (C=O) groups excluding carboxylic acids is 1. The summed E-state index contributed by atoms with van der Waals surface area (Å²) in [5.41, 5.74) is 0. The number of ether oxygens (including phenoxy) is 1. The molecule has 0 aromatic carbocycles. The number of carbonyl (C=O) groups is 1. The van der Waals surface area contributed by atoms with Crippen LogP contribution in [0.3, 0.4) is 0 Å². The molecule has 28 heavy (non-hydrogen) atoms. The Balaban J connectivity index is 1.36. The van der Waals surface area contributed by atoms with Crippen LogP contribution in [-0.2, 0) is 9.53 Å². The lowest BCUT2D eigenvalue weighted by Gasteiger charge is -2.41. The number of hydrogen-bond donors (Lipinski definition) is 0. The molecule has 3 fully saturated rings. The van der Waals surface area contributed by atoms with Crippen molar-refractivity contribution in [3.63, 3.8) is 0 Å². The fourth-order valence-corrected chi connectivity index (χ4v) is 6.68. The maximum absolute atomic E-state index is 12.7. The third-order valence-corrected chi connectivity index (χ3v) is 8.67. The third kappa shape index (κ3) is 5.99. The van der Waals surface area contributed by atoms with Gasteiger partial charge in [-0.25, -0.2) is 0 Å². The first-order valence-electron chi connectivity index (χ1n) is 12.8. The van der Waals surface area contributed by atoms with E-state index in [1.54, 1.807) is 0 Å². The molecule has 0 spiro atoms. The molecular formula is C26H46O2. The standard InChI is InChI=1S/C26H46O2/c1-4-6-7-21-8-15-24(16-9-21)28-26(27)23-13-11-22(12-14-23)25-17-10-20(5-2)18-19(25)3/h19-25H,4-18H2,1-3H3/t19-,20+,21?,22?,23?,24?,25-/m1/s1. The average Bonchev–Trinajstić information content (AvgIpc) is 2.73. The van der Waals surface area contributed by atoms with Gasteiger partial charge >= 0.3 is 5.97 Å². The molecule has 3 aliphatic rings. The molecule has 162 valence electrons. The number of esters is 1. The van der Waals surface area contributed by atoms with E-state index in [-0.39, 0.29) is 18.0 Å². The fourth-order valence-electron chi connectivity index (χ4n) is 6.68. The number of unbranched alkanes of at least 4 members (excludes halogenated alkanes) is 1. The zero-order valence-electron chi connectivity index (χ0n) is 19.0. The van der Waals surface area contributed by atoms with Crippen molar-refractivity contribution in [2.75, 3.05) is 0 Å². The Morgan fingerprint density at radius 1 is 0.857 bits per heavy atom. The van der Waals surface area contributed by atoms with E-state index >= 15 is 0 Å². The van der Waals surface area contributed by atoms with Crippen LogP contribution in [0.25, 0.3) is 0 Å². The molecule has 0 N–H and O–H groups in total. The van der Waals surface area contributed by atoms with E-state index in [0.29, 0.717) is 0 Å². The van der Waals surface area contributed by atoms with Crippen molar-refractivity contribution in [2.45, 2.75) is 123 Å². The number of hydrogen-bond acceptors (Lipinski definition) is 2. The second kappa shape index (κ2) is 11.0. The molecule has 3 aliphatic carbocycles. The van der Waals surface area contributed by atoms with Crippen molar-refractivity contribution in [2.24, 2.45) is 35.5 Å². The highest BCUT2D eigenvalue weighted by atomic mass is 16.5. The maximum atomic E-state index is 12.7. The molecule has 2 heteroatoms. The van der Waals surface area contributed by atoms with Crippen LogP contribution in [0.1, 0.15) is 117 Å². The van der Waals surface area contributed by atoms with Crippen molar-refractivity contribution in [3.8, 4) is 0 Å². The normalized spacial score (nSPS) is 39.5. The smallest absolute Gasteiger partial charge is 0.309 e. The van der Waals surface area contributed by atoms with Gasteiger partial charge in [0.05, 0.1) is 5.92 Å². The lowest BCUT2D eigenvalue weighted by atomic mass is 9.64. The van der Waals surface area contributed by atoms with Gasteiger partial charge in [0, 0.05) is 0 Å². The highest BCUT2D eigenvalue weighted by molar-refractivity contribution is 5.72. The van der Waals surface area contributed by atoms with E-state index in [4.69, 9.17) is 4.74 Å². The van der Waals surface area contributed by atoms with E-state index in [0.717, 1.165) is 55.3 Å². The molecule has 0 aromatic heterocycles. The highest BCUT2D eigenvalue weighted by Gasteiger charge is 2.37. The second-order valence-electron chi connectivity index (χ2n) is 10.6. The Morgan fingerprint density at radius 3 is 2.14 bits per heavy atom. The minimum atomic E-state index is 0.137. The predicted molar refractivity (Wildman–Crippen MR) is 117 cm³/mol. The first kappa shape index (κ1) is 22.2. The van der Waals surface area contributed by atoms with Crippen molar-refractivity contribution in [1.29, 1.82) is 0 Å². The molecule has 0 aliphatic heterocycles. The van der Waals surface area contributed by atoms with Gasteiger partial charge < -0.3 is 4.74 Å². The van der Waals surface area contributed by atoms with Crippen LogP contribution in [0, 0.1) is 35.5 Å². The van der Waals surface area contributed by atoms with Gasteiger partial charge in [0.2, 0.25) is 0 Å². The lowest BCUT2D eigenvalue weighted by Crippen LogP contribution is -2.34. The second-order valence-corrected chi connectivity index (χ2v) is 10.6. The molecule has 0 unspecified atom stereocenters. The summed E-state index contributed by atoms with van der Waals surface area (Å²) in [5, 5.41) is 0. The van der Waals surface area contributed by atoms with E-state index in [1.165, 1.54) is 70.6 Å². The monoisotopic (exact) mass is 390 g/mol. The Kier molecular flexibility index (Phi) is 8.72. The van der Waals surface area contributed by atoms with Crippen molar-refractivity contribution < 1.29 is 9.53 Å². The SMILES string of the molecule is CCCCC1CCC(OC(=O)C2CCC([C@@H]3CC[C@H](CC)C[C@H]3C)CC2)CC1. The first-order valence-corrected chi connectivity index (χ1v) is 12.8. The zero-order valence-corrected chi connectivity index (χ0v) is 19.0. The van der Waals surface area contributed by atoms with Gasteiger partial charge in [-0.2, -0.15) is 0 Å². The van der Waals surface area contributed by atoms with Gasteiger partial charge in [0.25, 0.3) is 0 Å². The molecule has 0 heterocycles. The number of rotatable bonds is 7. The summed E-state index contributed by atoms with van der Waals surface area (Å²) in [5.74, 6) is 4.85. The summed E-state index contributed by atoms with van der Waals surface area (Å²) < 4.78 is 5.98. The Morgan fingerprint density at radius 2 is 1.54 bits per heavy atom. The molecule has 3 atom stereocenters. The lowest BCUT2D eigenvalue weighted by molar-refractivity contribution is -0.157. The van der Waals surface area contributed by atoms with Gasteiger partial charge in [-0.15, -0.1) is 0 Å². The van der Waals surface area contributed by atoms with Crippen LogP contribution >= 0.6 is 0 Å². The predicted octanol–water partition coefficient (Wildman–Crippen LogP) is 7.55. The summed E-state index contributed by atoms with van der Waals surface area (Å²) in [4.78, 5) is 12.7. The van der Waals surface area contributed by atoms with Crippen molar-refractivity contribution in [3.05, 3.63) is 0 Å². The highest BCUT2D eigenvalue weighted by Crippen LogP contribution is 2.45. The first-order chi connectivity index (χ1) is 13.6. The van der Waals surface area contributed by atoms with Gasteiger partial charge in [0.15, 0.2) is 0 Å². The van der Waals surface area contributed by atoms with Gasteiger partial charge in [0.1, 0.15) is 6.10 Å². The van der Waals surface area contributed by atoms with Gasteiger partial charge in [-0.1, -0.05) is 52.9 Å². The summed E-state index contributed by atoms with van der Waals surface area (Å²) in [7, 11) is 0. The molecule has 2 nitrogen and oxygen atoms in total. The van der Waals surface area contributed by atoms with Crippen LogP contribution < -0.4 is 0 Å². The van der Waals surface area contributed by atoms with E-state index in [1.807, 2.05) is 0 Å².